The molecule has 5 heteroatoms. The Morgan fingerprint density at radius 3 is 1.92 bits per heavy atom. The Balaban J connectivity index is 0. The van der Waals surface area contributed by atoms with Crippen LogP contribution in [0.4, 0.5) is 0 Å². The first kappa shape index (κ1) is 26.6. The summed E-state index contributed by atoms with van der Waals surface area (Å²) in [6.07, 6.45) is 18.1. The van der Waals surface area contributed by atoms with Gasteiger partial charge in [0, 0.05) is 0 Å². The number of carbonyl (C=O) groups excluding carboxylic acids is 1. The van der Waals surface area contributed by atoms with Crippen molar-refractivity contribution in [2.75, 3.05) is 6.61 Å². The van der Waals surface area contributed by atoms with Gasteiger partial charge in [0.25, 0.3) is 0 Å². The van der Waals surface area contributed by atoms with E-state index in [9.17, 15) is 9.90 Å². The van der Waals surface area contributed by atoms with Crippen molar-refractivity contribution < 1.29 is 14.6 Å². The summed E-state index contributed by atoms with van der Waals surface area (Å²) in [5.74, 6) is -0.552. The van der Waals surface area contributed by atoms with E-state index in [1.165, 1.54) is 64.2 Å². The fraction of sp³-hybridized carbons (Fsp3) is 0.850. The van der Waals surface area contributed by atoms with Crippen LogP contribution in [-0.4, -0.2) is 29.8 Å². The quantitative estimate of drug-likeness (QED) is 0.227. The summed E-state index contributed by atoms with van der Waals surface area (Å²) < 4.78 is 4.79. The predicted molar refractivity (Wildman–Crippen MR) is 108 cm³/mol. The lowest BCUT2D eigenvalue weighted by atomic mass is 10.0. The molecule has 150 valence electrons. The molecule has 0 bridgehead atoms. The third-order valence-electron chi connectivity index (χ3n) is 4.23. The van der Waals surface area contributed by atoms with E-state index in [1.807, 2.05) is 6.08 Å². The van der Waals surface area contributed by atoms with Crippen molar-refractivity contribution in [3.63, 3.8) is 0 Å². The topological polar surface area (TPSA) is 72.5 Å². The van der Waals surface area contributed by atoms with Gasteiger partial charge in [0.2, 0.25) is 0 Å². The van der Waals surface area contributed by atoms with Crippen molar-refractivity contribution in [1.82, 2.24) is 0 Å². The summed E-state index contributed by atoms with van der Waals surface area (Å²) in [5, 5.41) is 9.78. The molecule has 0 rings (SSSR count). The highest BCUT2D eigenvalue weighted by molar-refractivity contribution is 5.85. The van der Waals surface area contributed by atoms with Crippen LogP contribution in [-0.2, 0) is 9.53 Å². The van der Waals surface area contributed by atoms with E-state index in [2.05, 4.69) is 6.92 Å². The fourth-order valence-corrected chi connectivity index (χ4v) is 2.66. The van der Waals surface area contributed by atoms with Gasteiger partial charge in [-0.2, -0.15) is 0 Å². The lowest BCUT2D eigenvalue weighted by Crippen LogP contribution is -2.42. The van der Waals surface area contributed by atoms with E-state index in [-0.39, 0.29) is 19.0 Å². The zero-order chi connectivity index (χ0) is 18.0. The number of hydrogen-bond donors (Lipinski definition) is 2. The van der Waals surface area contributed by atoms with Crippen LogP contribution < -0.4 is 5.73 Å². The fourth-order valence-electron chi connectivity index (χ4n) is 2.66. The molecule has 0 saturated carbocycles. The Labute approximate surface area is 161 Å². The van der Waals surface area contributed by atoms with Crippen molar-refractivity contribution in [2.45, 2.75) is 103 Å². The molecule has 0 amide bonds. The van der Waals surface area contributed by atoms with Crippen molar-refractivity contribution in [3.05, 3.63) is 12.2 Å². The molecule has 2 atom stereocenters. The van der Waals surface area contributed by atoms with E-state index < -0.39 is 18.1 Å². The van der Waals surface area contributed by atoms with E-state index in [4.69, 9.17) is 10.5 Å². The molecular weight excluding hydrogens is 338 g/mol. The molecule has 0 aliphatic carbocycles. The minimum Gasteiger partial charge on any atom is -0.465 e. The second kappa shape index (κ2) is 19.7. The summed E-state index contributed by atoms with van der Waals surface area (Å²) in [6.45, 7) is 4.26. The van der Waals surface area contributed by atoms with Crippen LogP contribution in [0.25, 0.3) is 0 Å². The molecule has 0 fully saturated rings. The van der Waals surface area contributed by atoms with E-state index in [1.54, 1.807) is 13.0 Å². The SMILES string of the molecule is CCCCCCCCCCCCCC=CC(O)C(N)C(=O)OCC.Cl. The lowest BCUT2D eigenvalue weighted by Gasteiger charge is -2.13. The molecular formula is C20H40ClNO3. The average molecular weight is 378 g/mol. The molecule has 0 aromatic rings. The molecule has 4 nitrogen and oxygen atoms in total. The third kappa shape index (κ3) is 16.6. The average Bonchev–Trinajstić information content (AvgIpc) is 2.58. The molecule has 0 aliphatic heterocycles. The van der Waals surface area contributed by atoms with E-state index >= 15 is 0 Å². The number of aliphatic hydroxyl groups is 1. The number of halogens is 1. The second-order valence-corrected chi connectivity index (χ2v) is 6.52. The molecule has 2 unspecified atom stereocenters. The molecule has 0 radical (unpaired) electrons. The van der Waals surface area contributed by atoms with Gasteiger partial charge in [-0.05, 0) is 19.8 Å². The second-order valence-electron chi connectivity index (χ2n) is 6.52. The van der Waals surface area contributed by atoms with Crippen LogP contribution in [0.5, 0.6) is 0 Å². The van der Waals surface area contributed by atoms with Crippen LogP contribution in [0.3, 0.4) is 0 Å². The maximum Gasteiger partial charge on any atom is 0.325 e. The molecule has 0 aromatic heterocycles. The first-order valence-corrected chi connectivity index (χ1v) is 9.90. The van der Waals surface area contributed by atoms with Gasteiger partial charge >= 0.3 is 5.97 Å². The van der Waals surface area contributed by atoms with Crippen LogP contribution in [0, 0.1) is 0 Å². The Hall–Kier alpha value is -0.580. The summed E-state index contributed by atoms with van der Waals surface area (Å²) in [5.41, 5.74) is 5.62. The molecule has 25 heavy (non-hydrogen) atoms. The van der Waals surface area contributed by atoms with Gasteiger partial charge in [-0.15, -0.1) is 12.4 Å². The van der Waals surface area contributed by atoms with Crippen LogP contribution in [0.2, 0.25) is 0 Å². The standard InChI is InChI=1S/C20H39NO3.ClH/c1-3-5-6-7-8-9-10-11-12-13-14-15-16-17-18(22)19(21)20(23)24-4-2;/h16-19,22H,3-15,21H2,1-2H3;1H. The van der Waals surface area contributed by atoms with Crippen molar-refractivity contribution in [1.29, 1.82) is 0 Å². The highest BCUT2D eigenvalue weighted by atomic mass is 35.5. The minimum atomic E-state index is -0.987. The number of aliphatic hydroxyl groups excluding tert-OH is 1. The van der Waals surface area contributed by atoms with E-state index in [0.29, 0.717) is 0 Å². The Morgan fingerprint density at radius 1 is 0.960 bits per heavy atom. The maximum absolute atomic E-state index is 11.4. The molecule has 0 aromatic carbocycles. The van der Waals surface area contributed by atoms with Gasteiger partial charge < -0.3 is 15.6 Å². The zero-order valence-corrected chi connectivity index (χ0v) is 17.1. The van der Waals surface area contributed by atoms with Gasteiger partial charge in [-0.25, -0.2) is 0 Å². The Morgan fingerprint density at radius 2 is 1.44 bits per heavy atom. The molecule has 0 spiro atoms. The lowest BCUT2D eigenvalue weighted by molar-refractivity contribution is -0.146. The predicted octanol–water partition coefficient (Wildman–Crippen LogP) is 4.92. The van der Waals surface area contributed by atoms with Crippen molar-refractivity contribution >= 4 is 18.4 Å². The highest BCUT2D eigenvalue weighted by Gasteiger charge is 2.21. The summed E-state index contributed by atoms with van der Waals surface area (Å²) in [6, 6.07) is -0.987. The minimum absolute atomic E-state index is 0. The van der Waals surface area contributed by atoms with Gasteiger partial charge in [0.05, 0.1) is 12.7 Å². The number of esters is 1. The zero-order valence-electron chi connectivity index (χ0n) is 16.3. The number of rotatable bonds is 16. The molecule has 0 heterocycles. The number of allylic oxidation sites excluding steroid dienone is 1. The molecule has 0 aliphatic rings. The number of hydrogen-bond acceptors (Lipinski definition) is 4. The summed E-state index contributed by atoms with van der Waals surface area (Å²) >= 11 is 0. The number of carbonyl (C=O) groups is 1. The maximum atomic E-state index is 11.4. The van der Waals surface area contributed by atoms with Crippen molar-refractivity contribution in [3.8, 4) is 0 Å². The van der Waals surface area contributed by atoms with Gasteiger partial charge in [-0.1, -0.05) is 83.3 Å². The highest BCUT2D eigenvalue weighted by Crippen LogP contribution is 2.12. The smallest absolute Gasteiger partial charge is 0.325 e. The summed E-state index contributed by atoms with van der Waals surface area (Å²) in [7, 11) is 0. The Bertz CT molecular complexity index is 324. The van der Waals surface area contributed by atoms with Crippen LogP contribution in [0.1, 0.15) is 90.9 Å². The number of unbranched alkanes of at least 4 members (excludes halogenated alkanes) is 11. The summed E-state index contributed by atoms with van der Waals surface area (Å²) in [4.78, 5) is 11.4. The van der Waals surface area contributed by atoms with Gasteiger partial charge in [-0.3, -0.25) is 4.79 Å². The van der Waals surface area contributed by atoms with Gasteiger partial charge in [0.15, 0.2) is 0 Å². The third-order valence-corrected chi connectivity index (χ3v) is 4.23. The monoisotopic (exact) mass is 377 g/mol. The van der Waals surface area contributed by atoms with Crippen LogP contribution >= 0.6 is 12.4 Å². The normalized spacial score (nSPS) is 13.4. The van der Waals surface area contributed by atoms with Crippen molar-refractivity contribution in [2.24, 2.45) is 5.73 Å². The Kier molecular flexibility index (Phi) is 21.0. The largest absolute Gasteiger partial charge is 0.465 e. The van der Waals surface area contributed by atoms with Gasteiger partial charge in [0.1, 0.15) is 6.04 Å². The molecule has 0 saturated heterocycles. The number of ether oxygens (including phenoxy) is 1. The first-order valence-electron chi connectivity index (χ1n) is 9.90. The van der Waals surface area contributed by atoms with Crippen LogP contribution in [0.15, 0.2) is 12.2 Å². The van der Waals surface area contributed by atoms with E-state index in [0.717, 1.165) is 12.8 Å². The molecule has 3 N–H and O–H groups in total. The first-order chi connectivity index (χ1) is 11.6. The number of nitrogens with two attached hydrogens (primary N) is 1.